The van der Waals surface area contributed by atoms with Crippen molar-refractivity contribution < 1.29 is 14.7 Å². The average molecular weight is 340 g/mol. The normalized spacial score (nSPS) is 48.6. The largest absolute Gasteiger partial charge is 0.480 e. The lowest BCUT2D eigenvalue weighted by atomic mass is 9.47. The van der Waals surface area contributed by atoms with Gasteiger partial charge in [-0.2, -0.15) is 0 Å². The quantitative estimate of drug-likeness (QED) is 0.732. The van der Waals surface area contributed by atoms with E-state index in [2.05, 4.69) is 19.8 Å². The number of fused-ring (bicyclic) bond motifs is 5. The number of hydrogen-bond donors (Lipinski definition) is 1. The molecule has 4 aliphatic carbocycles. The van der Waals surface area contributed by atoms with Crippen LogP contribution in [0.25, 0.3) is 0 Å². The van der Waals surface area contributed by atoms with Gasteiger partial charge in [0, 0.05) is 6.42 Å². The predicted molar refractivity (Wildman–Crippen MR) is 95.5 cm³/mol. The molecule has 3 nitrogen and oxygen atoms in total. The van der Waals surface area contributed by atoms with Gasteiger partial charge in [-0.3, -0.25) is 9.59 Å². The van der Waals surface area contributed by atoms with Gasteiger partial charge in [0.25, 0.3) is 0 Å². The standard InChI is InChI=1S/C22H28O3/c1-4-22(20(24)25)10-8-18-19-13(2)11-14-12-15(23)5-6-16(14)17(19)7-9-21(18,22)3/h1,12-13,16-19H,5-11H2,2-3H3,(H,24,25)/t13-,16?,17?,18?,19?,21+,22+/m1/s1. The molecule has 4 rings (SSSR count). The second kappa shape index (κ2) is 5.47. The highest BCUT2D eigenvalue weighted by Gasteiger charge is 2.66. The second-order valence-corrected chi connectivity index (χ2v) is 9.21. The first-order valence-electron chi connectivity index (χ1n) is 9.78. The third kappa shape index (κ3) is 2.06. The molecule has 3 fully saturated rings. The Bertz CT molecular complexity index is 699. The van der Waals surface area contributed by atoms with Crippen molar-refractivity contribution in [2.24, 2.45) is 40.4 Å². The third-order valence-electron chi connectivity index (χ3n) is 8.45. The number of hydrogen-bond acceptors (Lipinski definition) is 2. The van der Waals surface area contributed by atoms with Crippen LogP contribution in [-0.2, 0) is 9.59 Å². The lowest BCUT2D eigenvalue weighted by Gasteiger charge is -2.57. The molecule has 7 atom stereocenters. The molecule has 0 aromatic carbocycles. The van der Waals surface area contributed by atoms with E-state index >= 15 is 0 Å². The van der Waals surface area contributed by atoms with E-state index in [9.17, 15) is 14.7 Å². The van der Waals surface area contributed by atoms with Crippen LogP contribution in [0.4, 0.5) is 0 Å². The topological polar surface area (TPSA) is 54.4 Å². The fraction of sp³-hybridized carbons (Fsp3) is 0.727. The van der Waals surface area contributed by atoms with Crippen molar-refractivity contribution in [1.29, 1.82) is 0 Å². The molecule has 0 aromatic rings. The number of aliphatic carboxylic acids is 1. The van der Waals surface area contributed by atoms with Gasteiger partial charge in [0.2, 0.25) is 0 Å². The van der Waals surface area contributed by atoms with Gasteiger partial charge in [-0.25, -0.2) is 0 Å². The molecule has 0 aromatic heterocycles. The zero-order valence-electron chi connectivity index (χ0n) is 15.3. The summed E-state index contributed by atoms with van der Waals surface area (Å²) < 4.78 is 0. The Kier molecular flexibility index (Phi) is 3.69. The molecule has 4 unspecified atom stereocenters. The Morgan fingerprint density at radius 2 is 2.08 bits per heavy atom. The highest BCUT2D eigenvalue weighted by molar-refractivity contribution is 5.91. The summed E-state index contributed by atoms with van der Waals surface area (Å²) in [6.07, 6.45) is 13.9. The van der Waals surface area contributed by atoms with Gasteiger partial charge in [0.05, 0.1) is 0 Å². The minimum atomic E-state index is -0.999. The summed E-state index contributed by atoms with van der Waals surface area (Å²) in [5.74, 6) is 4.80. The smallest absolute Gasteiger partial charge is 0.322 e. The van der Waals surface area contributed by atoms with Crippen LogP contribution in [0, 0.1) is 52.8 Å². The number of carboxylic acid groups (broad SMARTS) is 1. The SMILES string of the molecule is C#C[C@@]1(C(=O)O)CCC2C3C(CC[C@@]21C)C1CCC(=O)C=C1C[C@H]3C. The maximum absolute atomic E-state index is 12.1. The fourth-order valence-corrected chi connectivity index (χ4v) is 7.28. The molecular formula is C22H28O3. The van der Waals surface area contributed by atoms with E-state index < -0.39 is 11.4 Å². The van der Waals surface area contributed by atoms with E-state index in [-0.39, 0.29) is 11.2 Å². The van der Waals surface area contributed by atoms with E-state index in [1.807, 2.05) is 6.08 Å². The van der Waals surface area contributed by atoms with E-state index in [0.717, 1.165) is 32.1 Å². The van der Waals surface area contributed by atoms with Crippen LogP contribution in [-0.4, -0.2) is 16.9 Å². The number of carboxylic acids is 1. The summed E-state index contributed by atoms with van der Waals surface area (Å²) >= 11 is 0. The highest BCUT2D eigenvalue weighted by atomic mass is 16.4. The molecule has 4 aliphatic rings. The van der Waals surface area contributed by atoms with Crippen LogP contribution >= 0.6 is 0 Å². The number of allylic oxidation sites excluding steroid dienone is 1. The van der Waals surface area contributed by atoms with E-state index in [4.69, 9.17) is 6.42 Å². The van der Waals surface area contributed by atoms with Crippen molar-refractivity contribution in [2.45, 2.75) is 58.8 Å². The molecule has 0 bridgehead atoms. The minimum absolute atomic E-state index is 0.288. The number of rotatable bonds is 1. The lowest BCUT2D eigenvalue weighted by molar-refractivity contribution is -0.156. The maximum Gasteiger partial charge on any atom is 0.322 e. The van der Waals surface area contributed by atoms with Crippen LogP contribution < -0.4 is 0 Å². The molecule has 3 heteroatoms. The van der Waals surface area contributed by atoms with Crippen molar-refractivity contribution >= 4 is 11.8 Å². The Balaban J connectivity index is 1.72. The third-order valence-corrected chi connectivity index (χ3v) is 8.45. The van der Waals surface area contributed by atoms with Crippen molar-refractivity contribution in [3.63, 3.8) is 0 Å². The van der Waals surface area contributed by atoms with Crippen LogP contribution in [0.15, 0.2) is 11.6 Å². The van der Waals surface area contributed by atoms with Gasteiger partial charge in [0.15, 0.2) is 5.78 Å². The number of terminal acetylenes is 1. The first-order valence-corrected chi connectivity index (χ1v) is 9.78. The molecule has 0 radical (unpaired) electrons. The maximum atomic E-state index is 12.1. The van der Waals surface area contributed by atoms with Crippen LogP contribution in [0.2, 0.25) is 0 Å². The molecule has 25 heavy (non-hydrogen) atoms. The monoisotopic (exact) mass is 340 g/mol. The first kappa shape index (κ1) is 16.9. The molecule has 134 valence electrons. The van der Waals surface area contributed by atoms with Crippen LogP contribution in [0.1, 0.15) is 58.8 Å². The summed E-state index contributed by atoms with van der Waals surface area (Å²) in [7, 11) is 0. The molecule has 0 saturated heterocycles. The summed E-state index contributed by atoms with van der Waals surface area (Å²) in [4.78, 5) is 24.0. The van der Waals surface area contributed by atoms with Gasteiger partial charge < -0.3 is 5.11 Å². The number of carbonyl (C=O) groups excluding carboxylic acids is 1. The first-order chi connectivity index (χ1) is 11.8. The van der Waals surface area contributed by atoms with Crippen LogP contribution in [0.3, 0.4) is 0 Å². The Labute approximate surface area is 150 Å². The van der Waals surface area contributed by atoms with Crippen molar-refractivity contribution in [3.05, 3.63) is 11.6 Å². The highest BCUT2D eigenvalue weighted by Crippen LogP contribution is 2.68. The lowest BCUT2D eigenvalue weighted by Crippen LogP contribution is -2.53. The summed E-state index contributed by atoms with van der Waals surface area (Å²) in [6, 6.07) is 0. The zero-order valence-corrected chi connectivity index (χ0v) is 15.3. The van der Waals surface area contributed by atoms with Gasteiger partial charge in [-0.05, 0) is 79.6 Å². The molecule has 1 N–H and O–H groups in total. The van der Waals surface area contributed by atoms with Crippen molar-refractivity contribution in [1.82, 2.24) is 0 Å². The van der Waals surface area contributed by atoms with E-state index in [1.165, 1.54) is 5.57 Å². The van der Waals surface area contributed by atoms with E-state index in [0.29, 0.717) is 42.4 Å². The summed E-state index contributed by atoms with van der Waals surface area (Å²) in [5.41, 5.74) is 0.0726. The van der Waals surface area contributed by atoms with Crippen molar-refractivity contribution in [3.8, 4) is 12.3 Å². The second-order valence-electron chi connectivity index (χ2n) is 9.21. The Hall–Kier alpha value is -1.56. The summed E-state index contributed by atoms with van der Waals surface area (Å²) in [6.45, 7) is 4.45. The summed E-state index contributed by atoms with van der Waals surface area (Å²) in [5, 5.41) is 9.96. The Morgan fingerprint density at radius 1 is 1.32 bits per heavy atom. The zero-order chi connectivity index (χ0) is 18.0. The molecule has 0 spiro atoms. The molecule has 0 aliphatic heterocycles. The van der Waals surface area contributed by atoms with Gasteiger partial charge in [-0.15, -0.1) is 6.42 Å². The average Bonchev–Trinajstić information content (AvgIpc) is 2.87. The number of carbonyl (C=O) groups is 2. The van der Waals surface area contributed by atoms with Gasteiger partial charge in [-0.1, -0.05) is 25.3 Å². The van der Waals surface area contributed by atoms with Crippen molar-refractivity contribution in [2.75, 3.05) is 0 Å². The predicted octanol–water partition coefficient (Wildman–Crippen LogP) is 4.08. The molecule has 0 amide bonds. The minimum Gasteiger partial charge on any atom is -0.480 e. The Morgan fingerprint density at radius 3 is 2.76 bits per heavy atom. The fourth-order valence-electron chi connectivity index (χ4n) is 7.28. The molecule has 3 saturated carbocycles. The van der Waals surface area contributed by atoms with Gasteiger partial charge in [0.1, 0.15) is 5.41 Å². The molecular weight excluding hydrogens is 312 g/mol. The van der Waals surface area contributed by atoms with Crippen LogP contribution in [0.5, 0.6) is 0 Å². The van der Waals surface area contributed by atoms with Gasteiger partial charge >= 0.3 is 5.97 Å². The number of ketones is 1. The molecule has 0 heterocycles. The van der Waals surface area contributed by atoms with E-state index in [1.54, 1.807) is 0 Å².